The number of ether oxygens (including phenoxy) is 1. The monoisotopic (exact) mass is 499 g/mol. The van der Waals surface area contributed by atoms with Gasteiger partial charge in [0.2, 0.25) is 0 Å². The second-order valence-electron chi connectivity index (χ2n) is 8.71. The molecule has 0 aliphatic rings. The van der Waals surface area contributed by atoms with Gasteiger partial charge in [-0.25, -0.2) is 13.8 Å². The van der Waals surface area contributed by atoms with Gasteiger partial charge in [0.05, 0.1) is 22.9 Å². The van der Waals surface area contributed by atoms with Crippen LogP contribution in [0.15, 0.2) is 60.8 Å². The van der Waals surface area contributed by atoms with Crippen molar-refractivity contribution in [3.05, 3.63) is 100.0 Å². The number of benzene rings is 2. The molecular weight excluding hydrogens is 476 g/mol. The minimum Gasteiger partial charge on any atom is -0.485 e. The summed E-state index contributed by atoms with van der Waals surface area (Å²) in [5.41, 5.74) is 0.172. The molecule has 1 atom stereocenters. The average molecular weight is 500 g/mol. The molecule has 0 aliphatic carbocycles. The number of pyridine rings is 1. The highest BCUT2D eigenvalue weighted by Gasteiger charge is 2.32. The second-order valence-corrected chi connectivity index (χ2v) is 9.15. The van der Waals surface area contributed by atoms with E-state index in [4.69, 9.17) is 16.3 Å². The molecule has 2 heterocycles. The number of nitrogens with one attached hydrogen (secondary N) is 1. The minimum atomic E-state index is -1.28. The number of nitrogens with zero attached hydrogens (tertiary/aromatic N) is 2. The maximum absolute atomic E-state index is 14.0. The number of carbonyl (C=O) groups excluding carboxylic acids is 1. The molecule has 1 amide bonds. The standard InChI is InChI=1S/C26H24ClF2N3O3/c1-15-22(25(33)31-23(26(2,3)34)16-9-11-17(27)12-10-16)32-13-5-8-21(24(32)30-15)35-14-18-19(28)6-4-7-20(18)29/h4-13,23,34H,14H2,1-3H3,(H,31,33). The van der Waals surface area contributed by atoms with Crippen LogP contribution in [0.4, 0.5) is 8.78 Å². The highest BCUT2D eigenvalue weighted by atomic mass is 35.5. The fourth-order valence-electron chi connectivity index (χ4n) is 3.88. The van der Waals surface area contributed by atoms with Gasteiger partial charge >= 0.3 is 0 Å². The molecule has 0 fully saturated rings. The van der Waals surface area contributed by atoms with Gasteiger partial charge in [0, 0.05) is 11.2 Å². The largest absolute Gasteiger partial charge is 0.485 e. The van der Waals surface area contributed by atoms with Crippen molar-refractivity contribution in [2.24, 2.45) is 0 Å². The van der Waals surface area contributed by atoms with Crippen molar-refractivity contribution in [2.45, 2.75) is 39.0 Å². The summed E-state index contributed by atoms with van der Waals surface area (Å²) < 4.78 is 35.2. The first-order valence-corrected chi connectivity index (χ1v) is 11.3. The van der Waals surface area contributed by atoms with E-state index >= 15 is 0 Å². The maximum atomic E-state index is 14.0. The molecule has 2 aromatic heterocycles. The SMILES string of the molecule is Cc1nc2c(OCc3c(F)cccc3F)cccn2c1C(=O)NC(c1ccc(Cl)cc1)C(C)(C)O. The minimum absolute atomic E-state index is 0.202. The molecule has 182 valence electrons. The van der Waals surface area contributed by atoms with Crippen molar-refractivity contribution in [2.75, 3.05) is 0 Å². The molecular formula is C26H24ClF2N3O3. The van der Waals surface area contributed by atoms with E-state index in [1.807, 2.05) is 0 Å². The van der Waals surface area contributed by atoms with Crippen molar-refractivity contribution in [1.82, 2.24) is 14.7 Å². The van der Waals surface area contributed by atoms with Gasteiger partial charge in [-0.1, -0.05) is 29.8 Å². The molecule has 4 rings (SSSR count). The Morgan fingerprint density at radius 1 is 1.14 bits per heavy atom. The third-order valence-corrected chi connectivity index (χ3v) is 5.87. The van der Waals surface area contributed by atoms with Gasteiger partial charge in [0.25, 0.3) is 5.91 Å². The zero-order valence-corrected chi connectivity index (χ0v) is 20.1. The molecule has 9 heteroatoms. The lowest BCUT2D eigenvalue weighted by Gasteiger charge is -2.30. The number of fused-ring (bicyclic) bond motifs is 1. The average Bonchev–Trinajstić information content (AvgIpc) is 3.13. The van der Waals surface area contributed by atoms with Gasteiger partial charge in [-0.3, -0.25) is 9.20 Å². The van der Waals surface area contributed by atoms with E-state index in [1.54, 1.807) is 67.8 Å². The van der Waals surface area contributed by atoms with Crippen molar-refractivity contribution in [3.8, 4) is 5.75 Å². The van der Waals surface area contributed by atoms with Crippen LogP contribution in [-0.4, -0.2) is 26.0 Å². The lowest BCUT2D eigenvalue weighted by molar-refractivity contribution is 0.0342. The molecule has 0 spiro atoms. The van der Waals surface area contributed by atoms with E-state index < -0.39 is 29.2 Å². The Labute approximate surface area is 206 Å². The van der Waals surface area contributed by atoms with Gasteiger partial charge in [-0.05, 0) is 62.7 Å². The normalized spacial score (nSPS) is 12.5. The van der Waals surface area contributed by atoms with Crippen LogP contribution in [0.2, 0.25) is 5.02 Å². The van der Waals surface area contributed by atoms with Crippen molar-refractivity contribution in [3.63, 3.8) is 0 Å². The molecule has 0 aliphatic heterocycles. The molecule has 0 bridgehead atoms. The zero-order valence-electron chi connectivity index (χ0n) is 19.3. The number of hydrogen-bond donors (Lipinski definition) is 2. The number of hydrogen-bond acceptors (Lipinski definition) is 4. The van der Waals surface area contributed by atoms with E-state index in [0.29, 0.717) is 21.9 Å². The molecule has 2 N–H and O–H groups in total. The molecule has 0 radical (unpaired) electrons. The first-order valence-electron chi connectivity index (χ1n) is 10.9. The van der Waals surface area contributed by atoms with Crippen LogP contribution in [0, 0.1) is 18.6 Å². The number of carbonyl (C=O) groups is 1. The highest BCUT2D eigenvalue weighted by Crippen LogP contribution is 2.29. The smallest absolute Gasteiger partial charge is 0.270 e. The van der Waals surface area contributed by atoms with Crippen LogP contribution in [0.5, 0.6) is 5.75 Å². The quantitative estimate of drug-likeness (QED) is 0.357. The first kappa shape index (κ1) is 24.6. The van der Waals surface area contributed by atoms with Crippen molar-refractivity contribution in [1.29, 1.82) is 0 Å². The summed E-state index contributed by atoms with van der Waals surface area (Å²) in [4.78, 5) is 17.8. The summed E-state index contributed by atoms with van der Waals surface area (Å²) in [6.45, 7) is 4.52. The van der Waals surface area contributed by atoms with Crippen LogP contribution in [0.1, 0.15) is 47.2 Å². The third-order valence-electron chi connectivity index (χ3n) is 5.62. The molecule has 0 saturated carbocycles. The Balaban J connectivity index is 1.65. The van der Waals surface area contributed by atoms with E-state index in [2.05, 4.69) is 10.3 Å². The second kappa shape index (κ2) is 9.64. The van der Waals surface area contributed by atoms with Gasteiger partial charge < -0.3 is 15.2 Å². The zero-order chi connectivity index (χ0) is 25.3. The molecule has 0 saturated heterocycles. The topological polar surface area (TPSA) is 75.9 Å². The number of aromatic nitrogens is 2. The number of imidazole rings is 1. The third kappa shape index (κ3) is 5.13. The Kier molecular flexibility index (Phi) is 6.78. The predicted octanol–water partition coefficient (Wildman–Crippen LogP) is 5.40. The van der Waals surface area contributed by atoms with Crippen molar-refractivity contribution >= 4 is 23.2 Å². The Morgan fingerprint density at radius 3 is 2.43 bits per heavy atom. The van der Waals surface area contributed by atoms with Crippen LogP contribution < -0.4 is 10.1 Å². The van der Waals surface area contributed by atoms with Crippen LogP contribution in [0.3, 0.4) is 0 Å². The highest BCUT2D eigenvalue weighted by molar-refractivity contribution is 6.30. The van der Waals surface area contributed by atoms with E-state index in [1.165, 1.54) is 6.07 Å². The van der Waals surface area contributed by atoms with Crippen molar-refractivity contribution < 1.29 is 23.4 Å². The number of amides is 1. The lowest BCUT2D eigenvalue weighted by atomic mass is 9.91. The summed E-state index contributed by atoms with van der Waals surface area (Å²) >= 11 is 5.99. The number of aliphatic hydroxyl groups is 1. The fourth-order valence-corrected chi connectivity index (χ4v) is 4.01. The molecule has 6 nitrogen and oxygen atoms in total. The summed E-state index contributed by atoms with van der Waals surface area (Å²) in [6.07, 6.45) is 1.64. The molecule has 1 unspecified atom stereocenters. The molecule has 35 heavy (non-hydrogen) atoms. The van der Waals surface area contributed by atoms with E-state index in [9.17, 15) is 18.7 Å². The van der Waals surface area contributed by atoms with Gasteiger partial charge in [0.15, 0.2) is 11.4 Å². The summed E-state index contributed by atoms with van der Waals surface area (Å²) in [5, 5.41) is 14.2. The van der Waals surface area contributed by atoms with Gasteiger partial charge in [-0.2, -0.15) is 0 Å². The predicted molar refractivity (Wildman–Crippen MR) is 129 cm³/mol. The summed E-state index contributed by atoms with van der Waals surface area (Å²) in [6, 6.07) is 12.9. The van der Waals surface area contributed by atoms with Crippen LogP contribution in [0.25, 0.3) is 5.65 Å². The lowest BCUT2D eigenvalue weighted by Crippen LogP contribution is -2.42. The molecule has 2 aromatic carbocycles. The van der Waals surface area contributed by atoms with E-state index in [0.717, 1.165) is 12.1 Å². The Hall–Kier alpha value is -3.49. The maximum Gasteiger partial charge on any atom is 0.270 e. The van der Waals surface area contributed by atoms with Gasteiger partial charge in [0.1, 0.15) is 23.9 Å². The van der Waals surface area contributed by atoms with Crippen LogP contribution >= 0.6 is 11.6 Å². The Bertz CT molecular complexity index is 1360. The fraction of sp³-hybridized carbons (Fsp3) is 0.231. The Morgan fingerprint density at radius 2 is 1.80 bits per heavy atom. The first-order chi connectivity index (χ1) is 16.6. The molecule has 4 aromatic rings. The van der Waals surface area contributed by atoms with Gasteiger partial charge in [-0.15, -0.1) is 0 Å². The summed E-state index contributed by atoms with van der Waals surface area (Å²) in [7, 11) is 0. The number of halogens is 3. The van der Waals surface area contributed by atoms with E-state index in [-0.39, 0.29) is 23.6 Å². The summed E-state index contributed by atoms with van der Waals surface area (Å²) in [5.74, 6) is -1.63. The number of aryl methyl sites for hydroxylation is 1. The van der Waals surface area contributed by atoms with Crippen LogP contribution in [-0.2, 0) is 6.61 Å². The number of rotatable bonds is 7.